The highest BCUT2D eigenvalue weighted by atomic mass is 32.1. The van der Waals surface area contributed by atoms with Crippen LogP contribution in [0.3, 0.4) is 0 Å². The number of ether oxygens (including phenoxy) is 1. The van der Waals surface area contributed by atoms with Crippen molar-refractivity contribution in [3.63, 3.8) is 0 Å². The second-order valence-corrected chi connectivity index (χ2v) is 17.4. The molecule has 1 aliphatic carbocycles. The van der Waals surface area contributed by atoms with E-state index >= 15 is 0 Å². The van der Waals surface area contributed by atoms with Crippen LogP contribution in [-0.4, -0.2) is 0 Å². The number of fused-ring (bicyclic) bond motifs is 13. The lowest BCUT2D eigenvalue weighted by atomic mass is 9.66. The minimum atomic E-state index is -0.574. The molecule has 2 nitrogen and oxygen atoms in total. The fourth-order valence-corrected chi connectivity index (χ4v) is 11.5. The SMILES string of the molecule is c1ccc(-c2ccc3sc(-c4ccc(N(c5cccc6c5-c5ccccc5C65c6ccccc6Oc6ccccc65)c5cccc6ccc7ccccc7c56)cc4)cc3c2)cc1. The molecule has 1 aromatic heterocycles. The molecular weight excluding hydrogens is 771 g/mol. The molecule has 0 radical (unpaired) electrons. The van der Waals surface area contributed by atoms with E-state index in [2.05, 4.69) is 229 Å². The normalized spacial score (nSPS) is 13.1. The van der Waals surface area contributed by atoms with Crippen LogP contribution in [0.1, 0.15) is 22.3 Å². The highest BCUT2D eigenvalue weighted by Gasteiger charge is 2.51. The van der Waals surface area contributed by atoms with Gasteiger partial charge in [-0.05, 0) is 110 Å². The molecule has 1 spiro atoms. The lowest BCUT2D eigenvalue weighted by Crippen LogP contribution is -2.32. The van der Waals surface area contributed by atoms with Crippen molar-refractivity contribution < 1.29 is 4.74 Å². The molecule has 0 unspecified atom stereocenters. The first kappa shape index (κ1) is 35.1. The number of nitrogens with zero attached hydrogens (tertiary/aromatic N) is 1. The van der Waals surface area contributed by atoms with Crippen LogP contribution in [-0.2, 0) is 5.41 Å². The molecule has 13 rings (SSSR count). The van der Waals surface area contributed by atoms with Crippen LogP contribution in [0.2, 0.25) is 0 Å². The third kappa shape index (κ3) is 5.09. The number of rotatable bonds is 5. The molecule has 1 aliphatic heterocycles. The zero-order valence-electron chi connectivity index (χ0n) is 33.6. The summed E-state index contributed by atoms with van der Waals surface area (Å²) in [6.45, 7) is 0. The third-order valence-electron chi connectivity index (χ3n) is 13.1. The molecule has 2 aliphatic rings. The lowest BCUT2D eigenvalue weighted by molar-refractivity contribution is 0.436. The van der Waals surface area contributed by atoms with Crippen molar-refractivity contribution in [3.05, 3.63) is 247 Å². The van der Waals surface area contributed by atoms with Gasteiger partial charge in [-0.1, -0.05) is 170 Å². The third-order valence-corrected chi connectivity index (χ3v) is 14.3. The average molecular weight is 808 g/mol. The molecule has 3 heteroatoms. The number of para-hydroxylation sites is 2. The second kappa shape index (κ2) is 13.7. The number of benzene rings is 10. The highest BCUT2D eigenvalue weighted by Crippen LogP contribution is 2.64. The van der Waals surface area contributed by atoms with E-state index in [1.807, 2.05) is 11.3 Å². The summed E-state index contributed by atoms with van der Waals surface area (Å²) in [4.78, 5) is 3.77. The molecule has 0 amide bonds. The van der Waals surface area contributed by atoms with Crippen molar-refractivity contribution in [1.82, 2.24) is 0 Å². The summed E-state index contributed by atoms with van der Waals surface area (Å²) in [5, 5.41) is 6.16. The van der Waals surface area contributed by atoms with E-state index in [-0.39, 0.29) is 0 Å². The summed E-state index contributed by atoms with van der Waals surface area (Å²) in [5.74, 6) is 1.79. The van der Waals surface area contributed by atoms with E-state index < -0.39 is 5.41 Å². The first-order valence-corrected chi connectivity index (χ1v) is 22.1. The van der Waals surface area contributed by atoms with Crippen molar-refractivity contribution in [2.24, 2.45) is 0 Å². The molecule has 0 atom stereocenters. The standard InChI is InChI=1S/C59H37NOS/c1-2-14-38(15-3-1)42-32-35-55-43(36-42)37-56(62-55)40-30-33-44(34-31-40)60(51-24-12-17-41-29-28-39-16-4-5-18-45(39)57(41)51)52-25-13-23-50-58(52)46-19-6-7-20-47(46)59(50)48-21-8-10-26-53(48)61-54-27-11-9-22-49(54)59/h1-37H. The van der Waals surface area contributed by atoms with Gasteiger partial charge in [0.25, 0.3) is 0 Å². The van der Waals surface area contributed by atoms with Crippen LogP contribution in [0.5, 0.6) is 11.5 Å². The Bertz CT molecular complexity index is 3520. The monoisotopic (exact) mass is 807 g/mol. The molecule has 11 aromatic rings. The molecule has 0 bridgehead atoms. The van der Waals surface area contributed by atoms with Crippen molar-refractivity contribution in [2.45, 2.75) is 5.41 Å². The Balaban J connectivity index is 1.05. The maximum Gasteiger partial charge on any atom is 0.132 e. The number of hydrogen-bond donors (Lipinski definition) is 0. The fraction of sp³-hybridized carbons (Fsp3) is 0.0169. The van der Waals surface area contributed by atoms with E-state index in [9.17, 15) is 0 Å². The van der Waals surface area contributed by atoms with Crippen LogP contribution in [0, 0.1) is 0 Å². The summed E-state index contributed by atoms with van der Waals surface area (Å²) in [7, 11) is 0. The predicted octanol–water partition coefficient (Wildman–Crippen LogP) is 16.5. The molecule has 0 N–H and O–H groups in total. The van der Waals surface area contributed by atoms with Crippen molar-refractivity contribution in [1.29, 1.82) is 0 Å². The van der Waals surface area contributed by atoms with Gasteiger partial charge >= 0.3 is 0 Å². The number of hydrogen-bond acceptors (Lipinski definition) is 3. The van der Waals surface area contributed by atoms with E-state index in [1.165, 1.54) is 75.5 Å². The van der Waals surface area contributed by atoms with Crippen LogP contribution < -0.4 is 9.64 Å². The summed E-state index contributed by atoms with van der Waals surface area (Å²) in [6, 6.07) is 82.2. The Morgan fingerprint density at radius 1 is 0.403 bits per heavy atom. The van der Waals surface area contributed by atoms with Gasteiger partial charge in [0, 0.05) is 37.3 Å². The van der Waals surface area contributed by atoms with Gasteiger partial charge in [-0.3, -0.25) is 0 Å². The van der Waals surface area contributed by atoms with E-state index in [0.29, 0.717) is 0 Å². The van der Waals surface area contributed by atoms with Gasteiger partial charge < -0.3 is 9.64 Å². The molecule has 0 saturated carbocycles. The molecule has 10 aromatic carbocycles. The van der Waals surface area contributed by atoms with E-state index in [0.717, 1.165) is 39.7 Å². The summed E-state index contributed by atoms with van der Waals surface area (Å²) < 4.78 is 7.97. The van der Waals surface area contributed by atoms with Crippen LogP contribution in [0.15, 0.2) is 224 Å². The van der Waals surface area contributed by atoms with Gasteiger partial charge in [0.2, 0.25) is 0 Å². The van der Waals surface area contributed by atoms with Gasteiger partial charge in [-0.2, -0.15) is 0 Å². The lowest BCUT2D eigenvalue weighted by Gasteiger charge is -2.39. The summed E-state index contributed by atoms with van der Waals surface area (Å²) in [6.07, 6.45) is 0. The van der Waals surface area contributed by atoms with Crippen LogP contribution in [0.4, 0.5) is 17.1 Å². The van der Waals surface area contributed by atoms with Gasteiger partial charge in [-0.25, -0.2) is 0 Å². The second-order valence-electron chi connectivity index (χ2n) is 16.4. The highest BCUT2D eigenvalue weighted by molar-refractivity contribution is 7.22. The fourth-order valence-electron chi connectivity index (χ4n) is 10.5. The van der Waals surface area contributed by atoms with Crippen molar-refractivity contribution in [3.8, 4) is 44.2 Å². The topological polar surface area (TPSA) is 12.5 Å². The predicted molar refractivity (Wildman–Crippen MR) is 260 cm³/mol. The summed E-state index contributed by atoms with van der Waals surface area (Å²) >= 11 is 1.85. The Morgan fingerprint density at radius 2 is 1.03 bits per heavy atom. The van der Waals surface area contributed by atoms with Crippen LogP contribution in [0.25, 0.3) is 64.3 Å². The minimum absolute atomic E-state index is 0.574. The van der Waals surface area contributed by atoms with E-state index in [4.69, 9.17) is 4.74 Å². The quantitative estimate of drug-likeness (QED) is 0.161. The number of thiophene rings is 1. The molecular formula is C59H37NOS. The largest absolute Gasteiger partial charge is 0.457 e. The Morgan fingerprint density at radius 3 is 1.85 bits per heavy atom. The maximum absolute atomic E-state index is 6.68. The Kier molecular flexibility index (Phi) is 7.72. The molecule has 62 heavy (non-hydrogen) atoms. The number of anilines is 3. The Hall–Kier alpha value is -7.72. The minimum Gasteiger partial charge on any atom is -0.457 e. The van der Waals surface area contributed by atoms with Crippen molar-refractivity contribution in [2.75, 3.05) is 4.90 Å². The first-order chi connectivity index (χ1) is 30.7. The Labute approximate surface area is 364 Å². The molecule has 0 saturated heterocycles. The molecule has 2 heterocycles. The van der Waals surface area contributed by atoms with Crippen LogP contribution >= 0.6 is 11.3 Å². The molecule has 0 fully saturated rings. The van der Waals surface area contributed by atoms with Gasteiger partial charge in [0.1, 0.15) is 11.5 Å². The zero-order chi connectivity index (χ0) is 40.8. The van der Waals surface area contributed by atoms with Crippen molar-refractivity contribution >= 4 is 60.0 Å². The smallest absolute Gasteiger partial charge is 0.132 e. The summed E-state index contributed by atoms with van der Waals surface area (Å²) in [5.41, 5.74) is 13.8. The molecule has 290 valence electrons. The maximum atomic E-state index is 6.68. The van der Waals surface area contributed by atoms with Gasteiger partial charge in [0.15, 0.2) is 0 Å². The van der Waals surface area contributed by atoms with E-state index in [1.54, 1.807) is 0 Å². The first-order valence-electron chi connectivity index (χ1n) is 21.2. The average Bonchev–Trinajstić information content (AvgIpc) is 3.90. The van der Waals surface area contributed by atoms with Gasteiger partial charge in [-0.15, -0.1) is 11.3 Å². The zero-order valence-corrected chi connectivity index (χ0v) is 34.4. The van der Waals surface area contributed by atoms with Gasteiger partial charge in [0.05, 0.1) is 16.8 Å².